The van der Waals surface area contributed by atoms with E-state index in [1.165, 1.54) is 6.42 Å². The molecule has 2 aromatic rings. The summed E-state index contributed by atoms with van der Waals surface area (Å²) >= 11 is 12.2. The first kappa shape index (κ1) is 17.8. The molecule has 4 nitrogen and oxygen atoms in total. The number of nitrogens with zero attached hydrogens (tertiary/aromatic N) is 4. The molecule has 1 atom stereocenters. The quantitative estimate of drug-likeness (QED) is 0.628. The molecule has 0 bridgehead atoms. The number of rotatable bonds is 8. The van der Waals surface area contributed by atoms with E-state index in [1.807, 2.05) is 10.6 Å². The first-order chi connectivity index (χ1) is 11.1. The van der Waals surface area contributed by atoms with Crippen LogP contribution in [0.1, 0.15) is 44.6 Å². The largest absolute Gasteiger partial charge is 0.318 e. The molecule has 0 aliphatic carbocycles. The van der Waals surface area contributed by atoms with E-state index in [-0.39, 0.29) is 0 Å². The van der Waals surface area contributed by atoms with Crippen LogP contribution in [-0.2, 0) is 12.0 Å². The highest BCUT2D eigenvalue weighted by Gasteiger charge is 2.33. The molecule has 2 rings (SSSR count). The normalized spacial score (nSPS) is 13.5. The Morgan fingerprint density at radius 3 is 2.48 bits per heavy atom. The summed E-state index contributed by atoms with van der Waals surface area (Å²) < 4.78 is 1.84. The molecule has 122 valence electrons. The van der Waals surface area contributed by atoms with Gasteiger partial charge in [-0.25, -0.2) is 0 Å². The van der Waals surface area contributed by atoms with Gasteiger partial charge in [0.2, 0.25) is 0 Å². The highest BCUT2D eigenvalue weighted by atomic mass is 35.5. The maximum Gasteiger partial charge on any atom is 0.119 e. The minimum Gasteiger partial charge on any atom is -0.318 e. The van der Waals surface area contributed by atoms with E-state index in [2.05, 4.69) is 23.2 Å². The second-order valence-electron chi connectivity index (χ2n) is 5.77. The Morgan fingerprint density at radius 1 is 1.13 bits per heavy atom. The summed E-state index contributed by atoms with van der Waals surface area (Å²) in [6.45, 7) is 2.67. The molecule has 0 spiro atoms. The van der Waals surface area contributed by atoms with Crippen LogP contribution >= 0.6 is 23.2 Å². The van der Waals surface area contributed by atoms with E-state index in [0.29, 0.717) is 16.6 Å². The molecule has 23 heavy (non-hydrogen) atoms. The van der Waals surface area contributed by atoms with Gasteiger partial charge in [-0.05, 0) is 24.1 Å². The molecular formula is C17H20Cl2N4. The summed E-state index contributed by atoms with van der Waals surface area (Å²) in [4.78, 5) is 0. The standard InChI is InChI=1S/C17H20Cl2N4/c1-2-3-4-5-8-17(10-20,11-23-12-21-22-13-23)14-6-7-15(18)16(19)9-14/h6-7,9,12-13H,2-5,8,11H2,1H3. The predicted octanol–water partition coefficient (Wildman–Crippen LogP) is 5.02. The predicted molar refractivity (Wildman–Crippen MR) is 92.5 cm³/mol. The van der Waals surface area contributed by atoms with Crippen molar-refractivity contribution in [1.29, 1.82) is 5.26 Å². The Kier molecular flexibility index (Phi) is 6.44. The molecule has 1 heterocycles. The zero-order valence-corrected chi connectivity index (χ0v) is 14.7. The van der Waals surface area contributed by atoms with Crippen molar-refractivity contribution in [1.82, 2.24) is 14.8 Å². The number of aromatic nitrogens is 3. The highest BCUT2D eigenvalue weighted by molar-refractivity contribution is 6.42. The van der Waals surface area contributed by atoms with Crippen molar-refractivity contribution in [3.05, 3.63) is 46.5 Å². The Morgan fingerprint density at radius 2 is 1.87 bits per heavy atom. The summed E-state index contributed by atoms with van der Waals surface area (Å²) in [5, 5.41) is 18.6. The molecule has 0 fully saturated rings. The number of halogens is 2. The van der Waals surface area contributed by atoms with Crippen molar-refractivity contribution < 1.29 is 0 Å². The molecule has 1 aromatic carbocycles. The van der Waals surface area contributed by atoms with Crippen molar-refractivity contribution in [2.45, 2.75) is 51.0 Å². The summed E-state index contributed by atoms with van der Waals surface area (Å²) in [5.74, 6) is 0. The van der Waals surface area contributed by atoms with Crippen LogP contribution in [0.25, 0.3) is 0 Å². The summed E-state index contributed by atoms with van der Waals surface area (Å²) in [6, 6.07) is 7.96. The van der Waals surface area contributed by atoms with Crippen LogP contribution in [0.3, 0.4) is 0 Å². The molecule has 0 aliphatic heterocycles. The van der Waals surface area contributed by atoms with Crippen molar-refractivity contribution in [3.8, 4) is 6.07 Å². The number of hydrogen-bond donors (Lipinski definition) is 0. The minimum atomic E-state index is -0.662. The zero-order valence-electron chi connectivity index (χ0n) is 13.2. The molecule has 1 aromatic heterocycles. The molecular weight excluding hydrogens is 331 g/mol. The van der Waals surface area contributed by atoms with E-state index in [1.54, 1.807) is 24.8 Å². The molecule has 0 saturated carbocycles. The lowest BCUT2D eigenvalue weighted by Gasteiger charge is -2.28. The molecule has 0 aliphatic rings. The average molecular weight is 351 g/mol. The second-order valence-corrected chi connectivity index (χ2v) is 6.58. The van der Waals surface area contributed by atoms with Crippen molar-refractivity contribution in [2.24, 2.45) is 0 Å². The third-order valence-electron chi connectivity index (χ3n) is 4.06. The van der Waals surface area contributed by atoms with Gasteiger partial charge in [-0.1, -0.05) is 61.9 Å². The fourth-order valence-corrected chi connectivity index (χ4v) is 3.03. The molecule has 0 N–H and O–H groups in total. The number of hydrogen-bond acceptors (Lipinski definition) is 3. The van der Waals surface area contributed by atoms with Gasteiger partial charge < -0.3 is 4.57 Å². The summed E-state index contributed by atoms with van der Waals surface area (Å²) in [5.41, 5.74) is 0.226. The van der Waals surface area contributed by atoms with Crippen molar-refractivity contribution >= 4 is 23.2 Å². The fourth-order valence-electron chi connectivity index (χ4n) is 2.73. The molecule has 0 saturated heterocycles. The Bertz CT molecular complexity index is 664. The molecule has 0 amide bonds. The van der Waals surface area contributed by atoms with Crippen LogP contribution in [0.2, 0.25) is 10.0 Å². The fraction of sp³-hybridized carbons (Fsp3) is 0.471. The third kappa shape index (κ3) is 4.46. The smallest absolute Gasteiger partial charge is 0.119 e. The topological polar surface area (TPSA) is 54.5 Å². The Balaban J connectivity index is 2.31. The SMILES string of the molecule is CCCCCCC(C#N)(Cn1cnnc1)c1ccc(Cl)c(Cl)c1. The van der Waals surface area contributed by atoms with Gasteiger partial charge in [-0.15, -0.1) is 10.2 Å². The van der Waals surface area contributed by atoms with E-state index >= 15 is 0 Å². The maximum absolute atomic E-state index is 9.97. The molecule has 6 heteroatoms. The summed E-state index contributed by atoms with van der Waals surface area (Å²) in [6.07, 6.45) is 8.48. The number of benzene rings is 1. The van der Waals surface area contributed by atoms with Gasteiger partial charge in [0.05, 0.1) is 16.1 Å². The van der Waals surface area contributed by atoms with Crippen LogP contribution in [0.4, 0.5) is 0 Å². The van der Waals surface area contributed by atoms with E-state index in [4.69, 9.17) is 23.2 Å². The highest BCUT2D eigenvalue weighted by Crippen LogP contribution is 2.35. The number of nitriles is 1. The van der Waals surface area contributed by atoms with Gasteiger partial charge in [-0.3, -0.25) is 0 Å². The minimum absolute atomic E-state index is 0.473. The van der Waals surface area contributed by atoms with Gasteiger partial charge in [-0.2, -0.15) is 5.26 Å². The Hall–Kier alpha value is -1.57. The first-order valence-electron chi connectivity index (χ1n) is 7.80. The Labute approximate surface area is 147 Å². The van der Waals surface area contributed by atoms with E-state index in [0.717, 1.165) is 31.2 Å². The van der Waals surface area contributed by atoms with E-state index in [9.17, 15) is 5.26 Å². The van der Waals surface area contributed by atoms with Gasteiger partial charge in [0.15, 0.2) is 0 Å². The van der Waals surface area contributed by atoms with E-state index < -0.39 is 5.41 Å². The van der Waals surface area contributed by atoms with Crippen LogP contribution in [0.15, 0.2) is 30.9 Å². The molecule has 1 unspecified atom stereocenters. The molecule has 0 radical (unpaired) electrons. The van der Waals surface area contributed by atoms with Crippen molar-refractivity contribution in [2.75, 3.05) is 0 Å². The van der Waals surface area contributed by atoms with Crippen LogP contribution in [-0.4, -0.2) is 14.8 Å². The number of unbranched alkanes of at least 4 members (excludes halogenated alkanes) is 3. The summed E-state index contributed by atoms with van der Waals surface area (Å²) in [7, 11) is 0. The average Bonchev–Trinajstić information content (AvgIpc) is 3.06. The zero-order chi connectivity index (χ0) is 16.7. The third-order valence-corrected chi connectivity index (χ3v) is 4.80. The van der Waals surface area contributed by atoms with Crippen LogP contribution in [0.5, 0.6) is 0 Å². The lowest BCUT2D eigenvalue weighted by Crippen LogP contribution is -2.30. The van der Waals surface area contributed by atoms with Gasteiger partial charge in [0, 0.05) is 6.54 Å². The van der Waals surface area contributed by atoms with Gasteiger partial charge >= 0.3 is 0 Å². The lowest BCUT2D eigenvalue weighted by atomic mass is 9.77. The van der Waals surface area contributed by atoms with Gasteiger partial charge in [0.1, 0.15) is 18.1 Å². The van der Waals surface area contributed by atoms with Crippen molar-refractivity contribution in [3.63, 3.8) is 0 Å². The maximum atomic E-state index is 9.97. The van der Waals surface area contributed by atoms with Crippen LogP contribution < -0.4 is 0 Å². The first-order valence-corrected chi connectivity index (χ1v) is 8.56. The lowest BCUT2D eigenvalue weighted by molar-refractivity contribution is 0.404. The van der Waals surface area contributed by atoms with Gasteiger partial charge in [0.25, 0.3) is 0 Å². The monoisotopic (exact) mass is 350 g/mol. The second kappa shape index (κ2) is 8.33. The van der Waals surface area contributed by atoms with Crippen LogP contribution in [0, 0.1) is 11.3 Å².